The number of benzene rings is 1. The van der Waals surface area contributed by atoms with Crippen molar-refractivity contribution in [3.8, 4) is 5.75 Å². The molecule has 0 saturated carbocycles. The Labute approximate surface area is 123 Å². The van der Waals surface area contributed by atoms with Crippen molar-refractivity contribution in [1.82, 2.24) is 4.90 Å². The van der Waals surface area contributed by atoms with E-state index in [2.05, 4.69) is 0 Å². The van der Waals surface area contributed by atoms with E-state index in [1.807, 2.05) is 6.92 Å². The second kappa shape index (κ2) is 6.95. The molecule has 5 nitrogen and oxygen atoms in total. The van der Waals surface area contributed by atoms with Crippen molar-refractivity contribution < 1.29 is 17.9 Å². The van der Waals surface area contributed by atoms with Crippen LogP contribution in [0.3, 0.4) is 0 Å². The van der Waals surface area contributed by atoms with Gasteiger partial charge >= 0.3 is 0 Å². The highest BCUT2D eigenvalue weighted by molar-refractivity contribution is 8.13. The van der Waals surface area contributed by atoms with E-state index in [-0.39, 0.29) is 16.4 Å². The minimum Gasteiger partial charge on any atom is -0.496 e. The largest absolute Gasteiger partial charge is 0.496 e. The van der Waals surface area contributed by atoms with Crippen LogP contribution in [0.1, 0.15) is 30.1 Å². The molecule has 0 spiro atoms. The Morgan fingerprint density at radius 2 is 2.05 bits per heavy atom. The average molecular weight is 320 g/mol. The molecular weight excluding hydrogens is 302 g/mol. The monoisotopic (exact) mass is 319 g/mol. The van der Waals surface area contributed by atoms with E-state index < -0.39 is 9.05 Å². The summed E-state index contributed by atoms with van der Waals surface area (Å²) < 4.78 is 27.8. The van der Waals surface area contributed by atoms with Crippen LogP contribution in [0.15, 0.2) is 23.1 Å². The number of hydrogen-bond donors (Lipinski definition) is 0. The highest BCUT2D eigenvalue weighted by Gasteiger charge is 2.20. The number of halogens is 1. The van der Waals surface area contributed by atoms with Crippen molar-refractivity contribution in [3.05, 3.63) is 23.8 Å². The van der Waals surface area contributed by atoms with Crippen molar-refractivity contribution in [2.75, 3.05) is 20.7 Å². The predicted molar refractivity (Wildman–Crippen MR) is 77.9 cm³/mol. The summed E-state index contributed by atoms with van der Waals surface area (Å²) in [5.41, 5.74) is 0.188. The first-order chi connectivity index (χ1) is 9.31. The van der Waals surface area contributed by atoms with Gasteiger partial charge in [-0.25, -0.2) is 8.42 Å². The predicted octanol–water partition coefficient (Wildman–Crippen LogP) is 2.49. The summed E-state index contributed by atoms with van der Waals surface area (Å²) >= 11 is 0. The molecule has 112 valence electrons. The maximum atomic E-state index is 12.3. The zero-order valence-electron chi connectivity index (χ0n) is 11.7. The standard InChI is InChI=1S/C13H18ClNO4S/c1-4-5-8-15(2)13(16)11-9-10(20(14,17)18)6-7-12(11)19-3/h6-7,9H,4-5,8H2,1-3H3. The molecule has 0 radical (unpaired) electrons. The summed E-state index contributed by atoms with van der Waals surface area (Å²) in [5, 5.41) is 0. The van der Waals surface area contributed by atoms with Gasteiger partial charge in [-0.2, -0.15) is 0 Å². The van der Waals surface area contributed by atoms with Crippen molar-refractivity contribution in [2.45, 2.75) is 24.7 Å². The van der Waals surface area contributed by atoms with Gasteiger partial charge in [0.25, 0.3) is 15.0 Å². The molecule has 0 N–H and O–H groups in total. The molecule has 0 bridgehead atoms. The van der Waals surface area contributed by atoms with Gasteiger partial charge in [-0.05, 0) is 24.6 Å². The number of hydrogen-bond acceptors (Lipinski definition) is 4. The fourth-order valence-corrected chi connectivity index (χ4v) is 2.49. The van der Waals surface area contributed by atoms with Crippen molar-refractivity contribution in [3.63, 3.8) is 0 Å². The Morgan fingerprint density at radius 3 is 2.55 bits per heavy atom. The molecule has 1 aromatic rings. The summed E-state index contributed by atoms with van der Waals surface area (Å²) in [6.07, 6.45) is 1.84. The first-order valence-corrected chi connectivity index (χ1v) is 8.50. The number of methoxy groups -OCH3 is 1. The van der Waals surface area contributed by atoms with Gasteiger partial charge in [-0.1, -0.05) is 13.3 Å². The van der Waals surface area contributed by atoms with Gasteiger partial charge in [0.2, 0.25) is 0 Å². The molecule has 1 aromatic carbocycles. The Hall–Kier alpha value is -1.27. The third-order valence-electron chi connectivity index (χ3n) is 2.88. The van der Waals surface area contributed by atoms with E-state index in [1.54, 1.807) is 7.05 Å². The van der Waals surface area contributed by atoms with Gasteiger partial charge in [0.15, 0.2) is 0 Å². The molecule has 0 aromatic heterocycles. The van der Waals surface area contributed by atoms with Crippen LogP contribution in [0.5, 0.6) is 5.75 Å². The van der Waals surface area contributed by atoms with Crippen molar-refractivity contribution >= 4 is 25.6 Å². The van der Waals surface area contributed by atoms with Crippen LogP contribution in [-0.2, 0) is 9.05 Å². The van der Waals surface area contributed by atoms with Gasteiger partial charge in [-0.15, -0.1) is 0 Å². The van der Waals surface area contributed by atoms with E-state index >= 15 is 0 Å². The molecule has 0 aliphatic heterocycles. The van der Waals surface area contributed by atoms with Crippen LogP contribution in [0.4, 0.5) is 0 Å². The highest BCUT2D eigenvalue weighted by Crippen LogP contribution is 2.25. The number of unbranched alkanes of at least 4 members (excludes halogenated alkanes) is 1. The third-order valence-corrected chi connectivity index (χ3v) is 4.23. The average Bonchev–Trinajstić information content (AvgIpc) is 2.42. The zero-order chi connectivity index (χ0) is 15.3. The summed E-state index contributed by atoms with van der Waals surface area (Å²) in [6.45, 7) is 2.62. The Morgan fingerprint density at radius 1 is 1.40 bits per heavy atom. The fourth-order valence-electron chi connectivity index (χ4n) is 1.71. The number of nitrogens with zero attached hydrogens (tertiary/aromatic N) is 1. The van der Waals surface area contributed by atoms with E-state index in [0.717, 1.165) is 12.8 Å². The molecule has 0 atom stereocenters. The van der Waals surface area contributed by atoms with Crippen LogP contribution in [0.2, 0.25) is 0 Å². The molecule has 20 heavy (non-hydrogen) atoms. The number of ether oxygens (including phenoxy) is 1. The van der Waals surface area contributed by atoms with E-state index in [0.29, 0.717) is 12.3 Å². The minimum atomic E-state index is -3.88. The van der Waals surface area contributed by atoms with Crippen LogP contribution in [0.25, 0.3) is 0 Å². The minimum absolute atomic E-state index is 0.118. The summed E-state index contributed by atoms with van der Waals surface area (Å²) in [6, 6.07) is 3.98. The maximum absolute atomic E-state index is 12.3. The molecule has 0 fully saturated rings. The molecule has 0 aliphatic rings. The SMILES string of the molecule is CCCCN(C)C(=O)c1cc(S(=O)(=O)Cl)ccc1OC. The lowest BCUT2D eigenvalue weighted by atomic mass is 10.1. The van der Waals surface area contributed by atoms with Crippen LogP contribution in [0, 0.1) is 0 Å². The molecule has 1 amide bonds. The van der Waals surface area contributed by atoms with E-state index in [4.69, 9.17) is 15.4 Å². The third kappa shape index (κ3) is 4.11. The van der Waals surface area contributed by atoms with Gasteiger partial charge in [0, 0.05) is 24.3 Å². The molecular formula is C13H18ClNO4S. The molecule has 0 saturated heterocycles. The van der Waals surface area contributed by atoms with Gasteiger partial charge in [-0.3, -0.25) is 4.79 Å². The summed E-state index contributed by atoms with van der Waals surface area (Å²) in [7, 11) is 4.51. The van der Waals surface area contributed by atoms with E-state index in [9.17, 15) is 13.2 Å². The van der Waals surface area contributed by atoms with Crippen LogP contribution < -0.4 is 4.74 Å². The highest BCUT2D eigenvalue weighted by atomic mass is 35.7. The zero-order valence-corrected chi connectivity index (χ0v) is 13.3. The maximum Gasteiger partial charge on any atom is 0.261 e. The summed E-state index contributed by atoms with van der Waals surface area (Å²) in [5.74, 6) is 0.0277. The fraction of sp³-hybridized carbons (Fsp3) is 0.462. The first-order valence-electron chi connectivity index (χ1n) is 6.19. The second-order valence-electron chi connectivity index (χ2n) is 4.38. The van der Waals surface area contributed by atoms with Crippen LogP contribution >= 0.6 is 10.7 Å². The lowest BCUT2D eigenvalue weighted by Gasteiger charge is -2.18. The number of amides is 1. The van der Waals surface area contributed by atoms with Crippen molar-refractivity contribution in [1.29, 1.82) is 0 Å². The van der Waals surface area contributed by atoms with Crippen molar-refractivity contribution in [2.24, 2.45) is 0 Å². The number of rotatable bonds is 6. The number of carbonyl (C=O) groups is 1. The molecule has 1 rings (SSSR count). The van der Waals surface area contributed by atoms with Gasteiger partial charge in [0.05, 0.1) is 17.6 Å². The topological polar surface area (TPSA) is 63.7 Å². The quantitative estimate of drug-likeness (QED) is 0.756. The lowest BCUT2D eigenvalue weighted by molar-refractivity contribution is 0.0789. The first kappa shape index (κ1) is 16.8. The molecule has 0 unspecified atom stereocenters. The van der Waals surface area contributed by atoms with Gasteiger partial charge in [0.1, 0.15) is 5.75 Å². The Balaban J connectivity index is 3.17. The smallest absolute Gasteiger partial charge is 0.261 e. The van der Waals surface area contributed by atoms with Crippen LogP contribution in [-0.4, -0.2) is 39.9 Å². The number of carbonyl (C=O) groups excluding carboxylic acids is 1. The Bertz CT molecular complexity index is 586. The Kier molecular flexibility index (Phi) is 5.83. The molecule has 0 heterocycles. The lowest BCUT2D eigenvalue weighted by Crippen LogP contribution is -2.28. The molecule has 7 heteroatoms. The normalized spacial score (nSPS) is 11.2. The summed E-state index contributed by atoms with van der Waals surface area (Å²) in [4.78, 5) is 13.7. The molecule has 0 aliphatic carbocycles. The van der Waals surface area contributed by atoms with Gasteiger partial charge < -0.3 is 9.64 Å². The van der Waals surface area contributed by atoms with E-state index in [1.165, 1.54) is 30.2 Å². The second-order valence-corrected chi connectivity index (χ2v) is 6.95.